The highest BCUT2D eigenvalue weighted by Gasteiger charge is 1.98. The van der Waals surface area contributed by atoms with Crippen LogP contribution in [0.5, 0.6) is 0 Å². The number of rotatable bonds is 38. The maximum atomic E-state index is 2.51. The fourth-order valence-electron chi connectivity index (χ4n) is 6.21. The molecule has 0 N–H and O–H groups in total. The van der Waals surface area contributed by atoms with Crippen LogP contribution >= 0.6 is 11.8 Å². The molecule has 1 heteroatoms. The summed E-state index contributed by atoms with van der Waals surface area (Å²) in [5.74, 6) is 3.87. The fourth-order valence-corrected chi connectivity index (χ4v) is 7.08. The van der Waals surface area contributed by atoms with E-state index in [9.17, 15) is 0 Å². The van der Waals surface area contributed by atoms with Gasteiger partial charge >= 0.3 is 0 Å². The summed E-state index contributed by atoms with van der Waals surface area (Å²) in [6.07, 6.45) is 52.7. The minimum Gasteiger partial charge on any atom is -0.157 e. The van der Waals surface area contributed by atoms with E-state index >= 15 is 0 Å². The molecular formula is C40H81S. The Morgan fingerprint density at radius 1 is 0.268 bits per heavy atom. The molecule has 0 atom stereocenters. The molecule has 0 nitrogen and oxygen atoms in total. The van der Waals surface area contributed by atoms with E-state index in [1.165, 1.54) is 237 Å². The molecule has 0 rings (SSSR count). The second kappa shape index (κ2) is 40.4. The first-order valence-electron chi connectivity index (χ1n) is 19.8. The van der Waals surface area contributed by atoms with Crippen LogP contribution in [0.4, 0.5) is 0 Å². The van der Waals surface area contributed by atoms with Crippen molar-refractivity contribution in [3.63, 3.8) is 0 Å². The molecule has 0 fully saturated rings. The summed E-state index contributed by atoms with van der Waals surface area (Å²) in [5, 5.41) is 0. The van der Waals surface area contributed by atoms with Crippen molar-refractivity contribution in [3.8, 4) is 0 Å². The van der Waals surface area contributed by atoms with Gasteiger partial charge in [-0.1, -0.05) is 232 Å². The molecule has 0 bridgehead atoms. The summed E-state index contributed by atoms with van der Waals surface area (Å²) < 4.78 is 0. The van der Waals surface area contributed by atoms with Crippen molar-refractivity contribution >= 4 is 11.8 Å². The Balaban J connectivity index is 3.02. The Labute approximate surface area is 267 Å². The molecular weight excluding hydrogens is 513 g/mol. The summed E-state index contributed by atoms with van der Waals surface area (Å²) in [6.45, 7) is 4.62. The van der Waals surface area contributed by atoms with E-state index in [4.69, 9.17) is 0 Å². The Morgan fingerprint density at radius 3 is 0.756 bits per heavy atom. The molecule has 0 amide bonds. The predicted octanol–water partition coefficient (Wildman–Crippen LogP) is 16.0. The van der Waals surface area contributed by atoms with Gasteiger partial charge in [-0.25, -0.2) is 0 Å². The number of hydrogen-bond donors (Lipinski definition) is 0. The second-order valence-electron chi connectivity index (χ2n) is 13.5. The van der Waals surface area contributed by atoms with E-state index in [2.05, 4.69) is 31.4 Å². The highest BCUT2D eigenvalue weighted by atomic mass is 32.2. The SMILES string of the molecule is CCCCCCCCCCCCCCCCCCCCC[CH]SCCCCCCCCCCCCCCCCCC. The first-order valence-corrected chi connectivity index (χ1v) is 20.9. The van der Waals surface area contributed by atoms with E-state index in [1.54, 1.807) is 0 Å². The van der Waals surface area contributed by atoms with Gasteiger partial charge in [-0.2, -0.15) is 11.8 Å². The molecule has 0 aliphatic heterocycles. The Morgan fingerprint density at radius 2 is 0.488 bits per heavy atom. The van der Waals surface area contributed by atoms with Gasteiger partial charge in [0, 0.05) is 5.75 Å². The van der Waals surface area contributed by atoms with Crippen LogP contribution in [0.25, 0.3) is 0 Å². The zero-order valence-corrected chi connectivity index (χ0v) is 30.0. The van der Waals surface area contributed by atoms with Gasteiger partial charge in [-0.3, -0.25) is 0 Å². The maximum absolute atomic E-state index is 2.51. The van der Waals surface area contributed by atoms with Gasteiger partial charge in [-0.15, -0.1) is 0 Å². The van der Waals surface area contributed by atoms with E-state index in [-0.39, 0.29) is 0 Å². The van der Waals surface area contributed by atoms with Crippen molar-refractivity contribution in [1.82, 2.24) is 0 Å². The van der Waals surface area contributed by atoms with Crippen LogP contribution in [0.15, 0.2) is 0 Å². The number of hydrogen-bond acceptors (Lipinski definition) is 1. The molecule has 0 spiro atoms. The van der Waals surface area contributed by atoms with Gasteiger partial charge in [0.05, 0.1) is 0 Å². The predicted molar refractivity (Wildman–Crippen MR) is 194 cm³/mol. The minimum absolute atomic E-state index is 1.34. The second-order valence-corrected chi connectivity index (χ2v) is 14.6. The van der Waals surface area contributed by atoms with Crippen molar-refractivity contribution in [2.75, 3.05) is 5.75 Å². The van der Waals surface area contributed by atoms with Crippen LogP contribution < -0.4 is 0 Å². The third-order valence-electron chi connectivity index (χ3n) is 9.16. The molecule has 0 aromatic rings. The molecule has 1 radical (unpaired) electrons. The number of unbranched alkanes of at least 4 members (excludes halogenated alkanes) is 34. The molecule has 41 heavy (non-hydrogen) atoms. The first-order chi connectivity index (χ1) is 20.4. The quantitative estimate of drug-likeness (QED) is 0.0641. The number of thioether (sulfide) groups is 1. The van der Waals surface area contributed by atoms with Crippen molar-refractivity contribution in [2.24, 2.45) is 0 Å². The minimum atomic E-state index is 1.34. The Kier molecular flexibility index (Phi) is 40.7. The van der Waals surface area contributed by atoms with E-state index in [1.807, 2.05) is 0 Å². The third kappa shape index (κ3) is 40.4. The van der Waals surface area contributed by atoms with Crippen LogP contribution in [0.3, 0.4) is 0 Å². The Hall–Kier alpha value is 0.350. The van der Waals surface area contributed by atoms with Gasteiger partial charge in [0.15, 0.2) is 0 Å². The zero-order chi connectivity index (χ0) is 29.6. The van der Waals surface area contributed by atoms with Crippen LogP contribution in [0, 0.1) is 5.75 Å². The van der Waals surface area contributed by atoms with Crippen molar-refractivity contribution in [2.45, 2.75) is 245 Å². The molecule has 0 saturated heterocycles. The lowest BCUT2D eigenvalue weighted by molar-refractivity contribution is 0.523. The fraction of sp³-hybridized carbons (Fsp3) is 0.975. The van der Waals surface area contributed by atoms with Crippen molar-refractivity contribution in [1.29, 1.82) is 0 Å². The molecule has 0 aromatic carbocycles. The van der Waals surface area contributed by atoms with Crippen molar-refractivity contribution < 1.29 is 0 Å². The van der Waals surface area contributed by atoms with Crippen LogP contribution in [0.2, 0.25) is 0 Å². The third-order valence-corrected chi connectivity index (χ3v) is 10.2. The topological polar surface area (TPSA) is 0 Å². The van der Waals surface area contributed by atoms with Gasteiger partial charge < -0.3 is 0 Å². The largest absolute Gasteiger partial charge is 0.157 e. The lowest BCUT2D eigenvalue weighted by Crippen LogP contribution is -1.85. The molecule has 0 aliphatic rings. The van der Waals surface area contributed by atoms with Gasteiger partial charge in [-0.05, 0) is 18.6 Å². The van der Waals surface area contributed by atoms with Gasteiger partial charge in [0.1, 0.15) is 0 Å². The maximum Gasteiger partial charge on any atom is 0.0166 e. The molecule has 0 unspecified atom stereocenters. The van der Waals surface area contributed by atoms with Gasteiger partial charge in [0.2, 0.25) is 0 Å². The normalized spacial score (nSPS) is 11.6. The van der Waals surface area contributed by atoms with Crippen LogP contribution in [-0.4, -0.2) is 5.75 Å². The molecule has 0 aromatic heterocycles. The molecule has 247 valence electrons. The lowest BCUT2D eigenvalue weighted by Gasteiger charge is -2.05. The monoisotopic (exact) mass is 594 g/mol. The lowest BCUT2D eigenvalue weighted by atomic mass is 10.0. The highest BCUT2D eigenvalue weighted by molar-refractivity contribution is 8.01. The Bertz CT molecular complexity index is 381. The molecule has 0 saturated carbocycles. The van der Waals surface area contributed by atoms with Gasteiger partial charge in [0.25, 0.3) is 0 Å². The molecule has 0 aliphatic carbocycles. The average Bonchev–Trinajstić information content (AvgIpc) is 2.98. The van der Waals surface area contributed by atoms with E-state index in [0.29, 0.717) is 0 Å². The van der Waals surface area contributed by atoms with Crippen LogP contribution in [0.1, 0.15) is 245 Å². The highest BCUT2D eigenvalue weighted by Crippen LogP contribution is 2.19. The zero-order valence-electron chi connectivity index (χ0n) is 29.1. The van der Waals surface area contributed by atoms with E-state index in [0.717, 1.165) is 0 Å². The summed E-state index contributed by atoms with van der Waals surface area (Å²) >= 11 is 2.10. The van der Waals surface area contributed by atoms with Crippen LogP contribution in [-0.2, 0) is 0 Å². The summed E-state index contributed by atoms with van der Waals surface area (Å²) in [5.41, 5.74) is 0. The summed E-state index contributed by atoms with van der Waals surface area (Å²) in [6, 6.07) is 0. The first kappa shape index (κ1) is 41.4. The summed E-state index contributed by atoms with van der Waals surface area (Å²) in [4.78, 5) is 0. The average molecular weight is 594 g/mol. The molecule has 0 heterocycles. The summed E-state index contributed by atoms with van der Waals surface area (Å²) in [7, 11) is 0. The van der Waals surface area contributed by atoms with E-state index < -0.39 is 0 Å². The smallest absolute Gasteiger partial charge is 0.0166 e. The van der Waals surface area contributed by atoms with Crippen molar-refractivity contribution in [3.05, 3.63) is 5.75 Å². The standard InChI is InChI=1S/C40H81S/c1-3-5-7-9-11-13-15-17-19-21-22-23-24-26-28-30-32-34-36-38-40-41-39-37-35-33-31-29-27-25-20-18-16-14-12-10-8-6-4-2/h40H,3-39H2,1-2H3.